The Morgan fingerprint density at radius 1 is 1.62 bits per heavy atom. The number of hydrogen-bond acceptors (Lipinski definition) is 5. The summed E-state index contributed by atoms with van der Waals surface area (Å²) in [5, 5.41) is 10.8. The number of sulfonamides is 1. The fraction of sp³-hybridized carbons (Fsp3) is 0.500. The number of nitrogens with zero attached hydrogens (tertiary/aromatic N) is 1. The first-order valence-electron chi connectivity index (χ1n) is 4.60. The Balaban J connectivity index is 2.31. The summed E-state index contributed by atoms with van der Waals surface area (Å²) in [6, 6.07) is 1.50. The minimum Gasteiger partial charge on any atom is -0.351 e. The molecule has 16 heavy (non-hydrogen) atoms. The van der Waals surface area contributed by atoms with E-state index in [4.69, 9.17) is 9.66 Å². The van der Waals surface area contributed by atoms with Crippen molar-refractivity contribution in [3.63, 3.8) is 0 Å². The number of primary sulfonamides is 1. The number of nitrogens with one attached hydrogen (secondary N) is 1. The smallest absolute Gasteiger partial charge is 0.289 e. The maximum absolute atomic E-state index is 11.4. The normalized spacial score (nSPS) is 11.4. The molecular formula is C8H13N3O4S. The molecule has 7 nitrogen and oxygen atoms in total. The molecule has 0 unspecified atom stereocenters. The van der Waals surface area contributed by atoms with E-state index in [-0.39, 0.29) is 24.5 Å². The van der Waals surface area contributed by atoms with Gasteiger partial charge in [0.25, 0.3) is 5.91 Å². The molecule has 0 fully saturated rings. The van der Waals surface area contributed by atoms with Crippen molar-refractivity contribution in [2.45, 2.75) is 13.3 Å². The van der Waals surface area contributed by atoms with E-state index >= 15 is 0 Å². The molecule has 1 heterocycles. The van der Waals surface area contributed by atoms with E-state index < -0.39 is 15.9 Å². The second-order valence-electron chi connectivity index (χ2n) is 3.31. The summed E-state index contributed by atoms with van der Waals surface area (Å²) in [7, 11) is -3.47. The summed E-state index contributed by atoms with van der Waals surface area (Å²) in [5.74, 6) is -0.481. The minimum absolute atomic E-state index is 0.105. The molecule has 0 saturated carbocycles. The SMILES string of the molecule is Cc1cc(C(=O)NCCCS(N)(=O)=O)on1. The highest BCUT2D eigenvalue weighted by Gasteiger charge is 2.10. The van der Waals surface area contributed by atoms with Crippen molar-refractivity contribution in [2.75, 3.05) is 12.3 Å². The average Bonchev–Trinajstić information content (AvgIpc) is 2.57. The lowest BCUT2D eigenvalue weighted by Gasteiger charge is -2.01. The van der Waals surface area contributed by atoms with Crippen molar-refractivity contribution in [2.24, 2.45) is 5.14 Å². The molecule has 0 radical (unpaired) electrons. The molecule has 1 rings (SSSR count). The van der Waals surface area contributed by atoms with Gasteiger partial charge in [0.05, 0.1) is 11.4 Å². The number of amides is 1. The van der Waals surface area contributed by atoms with Crippen LogP contribution in [0.3, 0.4) is 0 Å². The zero-order valence-corrected chi connectivity index (χ0v) is 9.58. The van der Waals surface area contributed by atoms with E-state index in [1.807, 2.05) is 0 Å². The number of aromatic nitrogens is 1. The predicted octanol–water partition coefficient (Wildman–Crippen LogP) is -0.609. The largest absolute Gasteiger partial charge is 0.351 e. The van der Waals surface area contributed by atoms with Crippen LogP contribution in [0.25, 0.3) is 0 Å². The van der Waals surface area contributed by atoms with Crippen LogP contribution in [0.4, 0.5) is 0 Å². The molecule has 0 spiro atoms. The lowest BCUT2D eigenvalue weighted by atomic mass is 10.3. The van der Waals surface area contributed by atoms with Crippen molar-refractivity contribution in [3.8, 4) is 0 Å². The summed E-state index contributed by atoms with van der Waals surface area (Å²) in [6.07, 6.45) is 0.262. The first-order valence-corrected chi connectivity index (χ1v) is 6.32. The monoisotopic (exact) mass is 247 g/mol. The van der Waals surface area contributed by atoms with Crippen LogP contribution in [0.2, 0.25) is 0 Å². The van der Waals surface area contributed by atoms with Crippen LogP contribution in [-0.2, 0) is 10.0 Å². The van der Waals surface area contributed by atoms with Gasteiger partial charge in [-0.1, -0.05) is 5.16 Å². The van der Waals surface area contributed by atoms with Crippen LogP contribution in [-0.4, -0.2) is 31.8 Å². The van der Waals surface area contributed by atoms with Crippen molar-refractivity contribution in [3.05, 3.63) is 17.5 Å². The molecule has 0 aliphatic heterocycles. The fourth-order valence-corrected chi connectivity index (χ4v) is 1.58. The molecule has 8 heteroatoms. The zero-order chi connectivity index (χ0) is 12.2. The van der Waals surface area contributed by atoms with Crippen LogP contribution < -0.4 is 10.5 Å². The van der Waals surface area contributed by atoms with Gasteiger partial charge in [0.1, 0.15) is 0 Å². The first-order chi connectivity index (χ1) is 7.38. The van der Waals surface area contributed by atoms with Crippen LogP contribution in [0.5, 0.6) is 0 Å². The molecule has 0 atom stereocenters. The van der Waals surface area contributed by atoms with Crippen LogP contribution in [0.15, 0.2) is 10.6 Å². The average molecular weight is 247 g/mol. The predicted molar refractivity (Wildman–Crippen MR) is 56.2 cm³/mol. The summed E-state index contributed by atoms with van der Waals surface area (Å²) < 4.78 is 25.9. The van der Waals surface area contributed by atoms with Gasteiger partial charge in [-0.2, -0.15) is 0 Å². The molecule has 90 valence electrons. The van der Waals surface area contributed by atoms with Crippen molar-refractivity contribution in [1.82, 2.24) is 10.5 Å². The summed E-state index contributed by atoms with van der Waals surface area (Å²) in [4.78, 5) is 11.4. The third-order valence-electron chi connectivity index (χ3n) is 1.74. The maximum atomic E-state index is 11.4. The molecule has 0 bridgehead atoms. The first kappa shape index (κ1) is 12.7. The van der Waals surface area contributed by atoms with E-state index in [1.54, 1.807) is 6.92 Å². The quantitative estimate of drug-likeness (QED) is 0.673. The Morgan fingerprint density at radius 2 is 2.31 bits per heavy atom. The van der Waals surface area contributed by atoms with Gasteiger partial charge in [-0.25, -0.2) is 13.6 Å². The lowest BCUT2D eigenvalue weighted by molar-refractivity contribution is 0.0917. The van der Waals surface area contributed by atoms with Crippen molar-refractivity contribution >= 4 is 15.9 Å². The maximum Gasteiger partial charge on any atom is 0.289 e. The van der Waals surface area contributed by atoms with Gasteiger partial charge in [-0.15, -0.1) is 0 Å². The van der Waals surface area contributed by atoms with Crippen LogP contribution in [0, 0.1) is 6.92 Å². The third kappa shape index (κ3) is 4.41. The number of carbonyl (C=O) groups is 1. The zero-order valence-electron chi connectivity index (χ0n) is 8.76. The van der Waals surface area contributed by atoms with E-state index in [2.05, 4.69) is 10.5 Å². The molecule has 1 amide bonds. The molecular weight excluding hydrogens is 234 g/mol. The van der Waals surface area contributed by atoms with Gasteiger partial charge < -0.3 is 9.84 Å². The van der Waals surface area contributed by atoms with E-state index in [1.165, 1.54) is 6.07 Å². The van der Waals surface area contributed by atoms with Crippen LogP contribution in [0.1, 0.15) is 22.7 Å². The molecule has 3 N–H and O–H groups in total. The standard InChI is InChI=1S/C8H13N3O4S/c1-6-5-7(15-11-6)8(12)10-3-2-4-16(9,13)14/h5H,2-4H2,1H3,(H,10,12)(H2,9,13,14). The van der Waals surface area contributed by atoms with Gasteiger partial charge in [0, 0.05) is 12.6 Å². The second-order valence-corrected chi connectivity index (χ2v) is 5.04. The summed E-state index contributed by atoms with van der Waals surface area (Å²) in [5.41, 5.74) is 0.606. The van der Waals surface area contributed by atoms with E-state index in [0.717, 1.165) is 0 Å². The van der Waals surface area contributed by atoms with Gasteiger partial charge in [0.2, 0.25) is 15.8 Å². The Labute approximate surface area is 93.0 Å². The highest BCUT2D eigenvalue weighted by atomic mass is 32.2. The van der Waals surface area contributed by atoms with Crippen molar-refractivity contribution in [1.29, 1.82) is 0 Å². The lowest BCUT2D eigenvalue weighted by Crippen LogP contribution is -2.27. The Kier molecular flexibility index (Phi) is 4.02. The Hall–Kier alpha value is -1.41. The number of rotatable bonds is 5. The molecule has 1 aromatic heterocycles. The Bertz CT molecular complexity index is 465. The van der Waals surface area contributed by atoms with Gasteiger partial charge >= 0.3 is 0 Å². The highest BCUT2D eigenvalue weighted by molar-refractivity contribution is 7.89. The number of hydrogen-bond donors (Lipinski definition) is 2. The second kappa shape index (κ2) is 5.08. The fourth-order valence-electron chi connectivity index (χ4n) is 1.03. The van der Waals surface area contributed by atoms with E-state index in [9.17, 15) is 13.2 Å². The van der Waals surface area contributed by atoms with Crippen LogP contribution >= 0.6 is 0 Å². The number of carbonyl (C=O) groups excluding carboxylic acids is 1. The number of nitrogens with two attached hydrogens (primary N) is 1. The molecule has 1 aromatic rings. The van der Waals surface area contributed by atoms with Gasteiger partial charge in [-0.3, -0.25) is 4.79 Å². The molecule has 0 saturated heterocycles. The van der Waals surface area contributed by atoms with Crippen molar-refractivity contribution < 1.29 is 17.7 Å². The molecule has 0 aliphatic carbocycles. The Morgan fingerprint density at radius 3 is 2.81 bits per heavy atom. The molecule has 0 aliphatic rings. The highest BCUT2D eigenvalue weighted by Crippen LogP contribution is 2.01. The van der Waals surface area contributed by atoms with Gasteiger partial charge in [0.15, 0.2) is 0 Å². The van der Waals surface area contributed by atoms with Gasteiger partial charge in [-0.05, 0) is 13.3 Å². The number of aryl methyl sites for hydroxylation is 1. The molecule has 0 aromatic carbocycles. The van der Waals surface area contributed by atoms with E-state index in [0.29, 0.717) is 5.69 Å². The topological polar surface area (TPSA) is 115 Å². The third-order valence-corrected chi connectivity index (χ3v) is 2.60. The minimum atomic E-state index is -3.47. The summed E-state index contributed by atoms with van der Waals surface area (Å²) in [6.45, 7) is 1.91. The summed E-state index contributed by atoms with van der Waals surface area (Å²) >= 11 is 0.